The van der Waals surface area contributed by atoms with Gasteiger partial charge >= 0.3 is 0 Å². The molecule has 0 aliphatic heterocycles. The molecular formula is C18H24Cl2N2. The van der Waals surface area contributed by atoms with E-state index in [0.29, 0.717) is 17.2 Å². The van der Waals surface area contributed by atoms with E-state index in [4.69, 9.17) is 16.6 Å². The maximum Gasteiger partial charge on any atom is 0.112 e. The third kappa shape index (κ3) is 3.28. The van der Waals surface area contributed by atoms with Gasteiger partial charge < -0.3 is 4.57 Å². The van der Waals surface area contributed by atoms with Crippen molar-refractivity contribution < 1.29 is 0 Å². The molecule has 22 heavy (non-hydrogen) atoms. The van der Waals surface area contributed by atoms with E-state index in [9.17, 15) is 0 Å². The van der Waals surface area contributed by atoms with Gasteiger partial charge in [0.2, 0.25) is 0 Å². The number of alkyl halides is 2. The third-order valence-electron chi connectivity index (χ3n) is 4.91. The highest BCUT2D eigenvalue weighted by Gasteiger charge is 2.36. The van der Waals surface area contributed by atoms with Crippen molar-refractivity contribution in [2.24, 2.45) is 5.92 Å². The SMILES string of the molecule is CCl.ClC1CC1Cn1c(C2CCCCC2)nc2ccccc21. The Morgan fingerprint density at radius 2 is 1.82 bits per heavy atom. The summed E-state index contributed by atoms with van der Waals surface area (Å²) in [6.07, 6.45) is 9.35. The molecule has 4 rings (SSSR count). The zero-order chi connectivity index (χ0) is 15.5. The molecule has 2 nitrogen and oxygen atoms in total. The molecule has 120 valence electrons. The number of benzene rings is 1. The van der Waals surface area contributed by atoms with Crippen molar-refractivity contribution in [1.29, 1.82) is 0 Å². The quantitative estimate of drug-likeness (QED) is 0.669. The van der Waals surface area contributed by atoms with Crippen LogP contribution in [0.25, 0.3) is 11.0 Å². The molecule has 2 aliphatic carbocycles. The van der Waals surface area contributed by atoms with E-state index in [1.807, 2.05) is 0 Å². The lowest BCUT2D eigenvalue weighted by atomic mass is 9.88. The van der Waals surface area contributed by atoms with Crippen molar-refractivity contribution in [2.75, 3.05) is 6.38 Å². The first kappa shape index (κ1) is 16.1. The molecule has 0 spiro atoms. The summed E-state index contributed by atoms with van der Waals surface area (Å²) in [5.41, 5.74) is 2.45. The number of hydrogen-bond acceptors (Lipinski definition) is 1. The molecule has 2 saturated carbocycles. The Kier molecular flexibility index (Phi) is 5.30. The van der Waals surface area contributed by atoms with E-state index in [0.717, 1.165) is 18.5 Å². The lowest BCUT2D eigenvalue weighted by molar-refractivity contribution is 0.414. The molecule has 1 heterocycles. The van der Waals surface area contributed by atoms with Gasteiger partial charge in [-0.3, -0.25) is 0 Å². The van der Waals surface area contributed by atoms with Gasteiger partial charge in [0.25, 0.3) is 0 Å². The van der Waals surface area contributed by atoms with Crippen LogP contribution in [-0.2, 0) is 6.54 Å². The van der Waals surface area contributed by atoms with Crippen LogP contribution in [-0.4, -0.2) is 21.3 Å². The molecule has 1 aromatic heterocycles. The molecule has 1 aromatic carbocycles. The first-order chi connectivity index (χ1) is 10.8. The fourth-order valence-corrected chi connectivity index (χ4v) is 3.90. The van der Waals surface area contributed by atoms with Crippen molar-refractivity contribution in [2.45, 2.75) is 56.4 Å². The number of halogens is 2. The summed E-state index contributed by atoms with van der Waals surface area (Å²) < 4.78 is 2.47. The van der Waals surface area contributed by atoms with Gasteiger partial charge in [-0.25, -0.2) is 4.98 Å². The van der Waals surface area contributed by atoms with E-state index in [2.05, 4.69) is 40.4 Å². The Bertz CT molecular complexity index is 617. The predicted octanol–water partition coefficient (Wildman–Crippen LogP) is 5.57. The van der Waals surface area contributed by atoms with Crippen LogP contribution in [0.4, 0.5) is 0 Å². The normalized spacial score (nSPS) is 24.9. The monoisotopic (exact) mass is 338 g/mol. The molecule has 0 radical (unpaired) electrons. The van der Waals surface area contributed by atoms with Crippen LogP contribution < -0.4 is 0 Å². The summed E-state index contributed by atoms with van der Waals surface area (Å²) in [4.78, 5) is 4.96. The van der Waals surface area contributed by atoms with Crippen molar-refractivity contribution in [3.05, 3.63) is 30.1 Å². The van der Waals surface area contributed by atoms with Crippen LogP contribution in [0.15, 0.2) is 24.3 Å². The number of para-hydroxylation sites is 2. The fraction of sp³-hybridized carbons (Fsp3) is 0.611. The standard InChI is InChI=1S/C17H21ClN2.CH3Cl/c18-14-10-13(14)11-20-16-9-5-4-8-15(16)19-17(20)12-6-2-1-3-7-12;1-2/h4-5,8-9,12-14H,1-3,6-7,10-11H2;1H3. The summed E-state index contributed by atoms with van der Waals surface area (Å²) >= 11 is 10.9. The number of imidazole rings is 1. The molecular weight excluding hydrogens is 315 g/mol. The van der Waals surface area contributed by atoms with Gasteiger partial charge in [0, 0.05) is 24.2 Å². The van der Waals surface area contributed by atoms with Gasteiger partial charge in [-0.2, -0.15) is 0 Å². The van der Waals surface area contributed by atoms with Crippen LogP contribution in [0.1, 0.15) is 50.3 Å². The minimum absolute atomic E-state index is 0.385. The molecule has 0 N–H and O–H groups in total. The fourth-order valence-electron chi connectivity index (χ4n) is 3.59. The average molecular weight is 339 g/mol. The van der Waals surface area contributed by atoms with Gasteiger partial charge in [-0.05, 0) is 37.3 Å². The van der Waals surface area contributed by atoms with Crippen LogP contribution in [0.2, 0.25) is 0 Å². The minimum atomic E-state index is 0.385. The number of aromatic nitrogens is 2. The highest BCUT2D eigenvalue weighted by molar-refractivity contribution is 6.22. The van der Waals surface area contributed by atoms with E-state index in [1.165, 1.54) is 49.8 Å². The summed E-state index contributed by atoms with van der Waals surface area (Å²) in [5.74, 6) is 2.63. The lowest BCUT2D eigenvalue weighted by Crippen LogP contribution is -2.13. The summed E-state index contributed by atoms with van der Waals surface area (Å²) in [7, 11) is 0. The highest BCUT2D eigenvalue weighted by atomic mass is 35.5. The number of rotatable bonds is 3. The summed E-state index contributed by atoms with van der Waals surface area (Å²) in [6, 6.07) is 8.56. The van der Waals surface area contributed by atoms with Crippen LogP contribution in [0.3, 0.4) is 0 Å². The van der Waals surface area contributed by atoms with Crippen LogP contribution in [0, 0.1) is 5.92 Å². The molecule has 2 aromatic rings. The first-order valence-electron chi connectivity index (χ1n) is 8.30. The predicted molar refractivity (Wildman–Crippen MR) is 95.1 cm³/mol. The Balaban J connectivity index is 0.000000693. The second kappa shape index (κ2) is 7.23. The molecule has 2 unspecified atom stereocenters. The molecule has 4 heteroatoms. The van der Waals surface area contributed by atoms with E-state index < -0.39 is 0 Å². The summed E-state index contributed by atoms with van der Waals surface area (Å²) in [6.45, 7) is 1.06. The second-order valence-electron chi connectivity index (χ2n) is 6.42. The average Bonchev–Trinajstić information content (AvgIpc) is 3.16. The number of nitrogens with zero attached hydrogens (tertiary/aromatic N) is 2. The Hall–Kier alpha value is -0.730. The third-order valence-corrected chi connectivity index (χ3v) is 5.44. The topological polar surface area (TPSA) is 17.8 Å². The number of fused-ring (bicyclic) bond motifs is 1. The second-order valence-corrected chi connectivity index (χ2v) is 6.98. The Labute approximate surface area is 142 Å². The zero-order valence-electron chi connectivity index (χ0n) is 13.1. The van der Waals surface area contributed by atoms with Crippen molar-refractivity contribution in [3.8, 4) is 0 Å². The summed E-state index contributed by atoms with van der Waals surface area (Å²) in [5, 5.41) is 0.385. The van der Waals surface area contributed by atoms with Gasteiger partial charge in [-0.15, -0.1) is 23.2 Å². The maximum absolute atomic E-state index is 6.22. The highest BCUT2D eigenvalue weighted by Crippen LogP contribution is 2.40. The maximum atomic E-state index is 6.22. The molecule has 0 amide bonds. The largest absolute Gasteiger partial charge is 0.327 e. The molecule has 2 fully saturated rings. The molecule has 0 bridgehead atoms. The number of hydrogen-bond donors (Lipinski definition) is 0. The van der Waals surface area contributed by atoms with E-state index in [-0.39, 0.29) is 0 Å². The minimum Gasteiger partial charge on any atom is -0.327 e. The molecule has 2 aliphatic rings. The molecule has 0 saturated heterocycles. The van der Waals surface area contributed by atoms with Crippen molar-refractivity contribution >= 4 is 34.2 Å². The van der Waals surface area contributed by atoms with Gasteiger partial charge in [0.1, 0.15) is 5.82 Å². The Morgan fingerprint density at radius 1 is 1.14 bits per heavy atom. The van der Waals surface area contributed by atoms with Crippen LogP contribution in [0.5, 0.6) is 0 Å². The molecule has 2 atom stereocenters. The smallest absolute Gasteiger partial charge is 0.112 e. The van der Waals surface area contributed by atoms with E-state index in [1.54, 1.807) is 0 Å². The zero-order valence-corrected chi connectivity index (χ0v) is 14.7. The van der Waals surface area contributed by atoms with Crippen LogP contribution >= 0.6 is 23.2 Å². The van der Waals surface area contributed by atoms with Gasteiger partial charge in [0.05, 0.1) is 11.0 Å². The lowest BCUT2D eigenvalue weighted by Gasteiger charge is -2.22. The van der Waals surface area contributed by atoms with E-state index >= 15 is 0 Å². The first-order valence-corrected chi connectivity index (χ1v) is 9.49. The van der Waals surface area contributed by atoms with Gasteiger partial charge in [0.15, 0.2) is 0 Å². The Morgan fingerprint density at radius 3 is 2.50 bits per heavy atom. The van der Waals surface area contributed by atoms with Crippen molar-refractivity contribution in [3.63, 3.8) is 0 Å². The van der Waals surface area contributed by atoms with Crippen molar-refractivity contribution in [1.82, 2.24) is 9.55 Å². The van der Waals surface area contributed by atoms with Gasteiger partial charge in [-0.1, -0.05) is 31.4 Å².